The number of aryl methyl sites for hydroxylation is 2. The van der Waals surface area contributed by atoms with Crippen LogP contribution in [-0.2, 0) is 19.3 Å². The largest absolute Gasteiger partial charge is 0.466 e. The SMILES string of the molecule is CN=C(NCc1nc(C(F)(F)F)cs1)NCc1cc(C)oc1C.I. The Kier molecular flexibility index (Phi) is 7.52. The molecule has 0 saturated carbocycles. The predicted molar refractivity (Wildman–Crippen MR) is 97.8 cm³/mol. The van der Waals surface area contributed by atoms with Crippen LogP contribution >= 0.6 is 35.3 Å². The number of alkyl halides is 3. The van der Waals surface area contributed by atoms with Gasteiger partial charge in [0.15, 0.2) is 11.7 Å². The minimum Gasteiger partial charge on any atom is -0.466 e. The van der Waals surface area contributed by atoms with Crippen LogP contribution in [0.4, 0.5) is 13.2 Å². The lowest BCUT2D eigenvalue weighted by Gasteiger charge is -2.10. The zero-order valence-corrected chi connectivity index (χ0v) is 16.5. The van der Waals surface area contributed by atoms with E-state index in [0.29, 0.717) is 17.5 Å². The first kappa shape index (κ1) is 20.7. The van der Waals surface area contributed by atoms with Gasteiger partial charge in [-0.15, -0.1) is 35.3 Å². The minimum absolute atomic E-state index is 0. The van der Waals surface area contributed by atoms with Crippen molar-refractivity contribution in [3.05, 3.63) is 39.2 Å². The average Bonchev–Trinajstić information content (AvgIpc) is 3.05. The molecule has 0 fully saturated rings. The second-order valence-corrected chi connectivity index (χ2v) is 5.78. The first-order chi connectivity index (χ1) is 10.8. The third-order valence-electron chi connectivity index (χ3n) is 3.06. The molecule has 2 N–H and O–H groups in total. The maximum absolute atomic E-state index is 12.5. The zero-order valence-electron chi connectivity index (χ0n) is 13.3. The van der Waals surface area contributed by atoms with E-state index in [2.05, 4.69) is 20.6 Å². The van der Waals surface area contributed by atoms with Gasteiger partial charge < -0.3 is 15.1 Å². The van der Waals surface area contributed by atoms with Gasteiger partial charge in [-0.05, 0) is 19.9 Å². The highest BCUT2D eigenvalue weighted by Crippen LogP contribution is 2.29. The van der Waals surface area contributed by atoms with Crippen LogP contribution in [0.3, 0.4) is 0 Å². The lowest BCUT2D eigenvalue weighted by Crippen LogP contribution is -2.36. The molecular weight excluding hydrogens is 456 g/mol. The maximum Gasteiger partial charge on any atom is 0.434 e. The summed E-state index contributed by atoms with van der Waals surface area (Å²) in [5.74, 6) is 2.12. The second kappa shape index (κ2) is 8.70. The Morgan fingerprint density at radius 3 is 2.46 bits per heavy atom. The van der Waals surface area contributed by atoms with Gasteiger partial charge in [-0.3, -0.25) is 4.99 Å². The highest BCUT2D eigenvalue weighted by Gasteiger charge is 2.33. The van der Waals surface area contributed by atoms with Crippen molar-refractivity contribution in [3.63, 3.8) is 0 Å². The van der Waals surface area contributed by atoms with Crippen LogP contribution < -0.4 is 10.6 Å². The number of aliphatic imine (C=N–C) groups is 1. The number of furan rings is 1. The van der Waals surface area contributed by atoms with Crippen LogP contribution in [0.15, 0.2) is 20.9 Å². The fourth-order valence-electron chi connectivity index (χ4n) is 1.94. The Hall–Kier alpha value is -1.30. The number of halogens is 4. The van der Waals surface area contributed by atoms with Crippen LogP contribution in [0.2, 0.25) is 0 Å². The van der Waals surface area contributed by atoms with Gasteiger partial charge >= 0.3 is 6.18 Å². The summed E-state index contributed by atoms with van der Waals surface area (Å²) >= 11 is 0.958. The summed E-state index contributed by atoms with van der Waals surface area (Å²) in [7, 11) is 1.59. The molecular formula is C14H18F3IN4OS. The van der Waals surface area contributed by atoms with E-state index in [-0.39, 0.29) is 30.5 Å². The Labute approximate surface area is 158 Å². The van der Waals surface area contributed by atoms with Crippen molar-refractivity contribution in [1.29, 1.82) is 0 Å². The molecule has 0 spiro atoms. The van der Waals surface area contributed by atoms with E-state index in [1.54, 1.807) is 7.05 Å². The lowest BCUT2D eigenvalue weighted by molar-refractivity contribution is -0.140. The van der Waals surface area contributed by atoms with E-state index in [4.69, 9.17) is 4.42 Å². The third kappa shape index (κ3) is 5.65. The van der Waals surface area contributed by atoms with Crippen molar-refractivity contribution < 1.29 is 17.6 Å². The molecule has 0 saturated heterocycles. The molecule has 134 valence electrons. The number of nitrogens with one attached hydrogen (secondary N) is 2. The minimum atomic E-state index is -4.41. The molecule has 10 heteroatoms. The molecule has 5 nitrogen and oxygen atoms in total. The summed E-state index contributed by atoms with van der Waals surface area (Å²) in [4.78, 5) is 7.59. The first-order valence-corrected chi connectivity index (χ1v) is 7.69. The normalized spacial score (nSPS) is 12.0. The van der Waals surface area contributed by atoms with Gasteiger partial charge in [-0.25, -0.2) is 4.98 Å². The number of thiazole rings is 1. The number of guanidine groups is 1. The van der Waals surface area contributed by atoms with E-state index >= 15 is 0 Å². The summed E-state index contributed by atoms with van der Waals surface area (Å²) in [5.41, 5.74) is 0.130. The van der Waals surface area contributed by atoms with E-state index in [9.17, 15) is 13.2 Å². The molecule has 0 amide bonds. The number of rotatable bonds is 4. The highest BCUT2D eigenvalue weighted by atomic mass is 127. The molecule has 0 atom stereocenters. The summed E-state index contributed by atoms with van der Waals surface area (Å²) in [6.45, 7) is 4.41. The Morgan fingerprint density at radius 1 is 1.29 bits per heavy atom. The van der Waals surface area contributed by atoms with Gasteiger partial charge in [-0.2, -0.15) is 13.2 Å². The van der Waals surface area contributed by atoms with Crippen molar-refractivity contribution in [1.82, 2.24) is 15.6 Å². The van der Waals surface area contributed by atoms with E-state index in [0.717, 1.165) is 33.8 Å². The van der Waals surface area contributed by atoms with Crippen molar-refractivity contribution in [2.45, 2.75) is 33.1 Å². The Balaban J connectivity index is 0.00000288. The molecule has 24 heavy (non-hydrogen) atoms. The van der Waals surface area contributed by atoms with Crippen LogP contribution in [0.25, 0.3) is 0 Å². The van der Waals surface area contributed by atoms with Gasteiger partial charge in [0.1, 0.15) is 16.5 Å². The third-order valence-corrected chi connectivity index (χ3v) is 3.91. The van der Waals surface area contributed by atoms with Crippen LogP contribution in [0.1, 0.15) is 27.8 Å². The van der Waals surface area contributed by atoms with Gasteiger partial charge in [0.25, 0.3) is 0 Å². The molecule has 0 unspecified atom stereocenters. The van der Waals surface area contributed by atoms with Crippen LogP contribution in [0, 0.1) is 13.8 Å². The molecule has 0 aliphatic carbocycles. The predicted octanol–water partition coefficient (Wildman–Crippen LogP) is 3.85. The molecule has 0 aliphatic heterocycles. The second-order valence-electron chi connectivity index (χ2n) is 4.84. The average molecular weight is 474 g/mol. The Bertz CT molecular complexity index is 696. The maximum atomic E-state index is 12.5. The summed E-state index contributed by atoms with van der Waals surface area (Å²) in [6.07, 6.45) is -4.41. The van der Waals surface area contributed by atoms with Crippen molar-refractivity contribution in [2.75, 3.05) is 7.05 Å². The molecule has 2 aromatic rings. The summed E-state index contributed by atoms with van der Waals surface area (Å²) in [6, 6.07) is 1.92. The van der Waals surface area contributed by atoms with Gasteiger partial charge in [0.05, 0.1) is 6.54 Å². The van der Waals surface area contributed by atoms with Crippen LogP contribution in [0.5, 0.6) is 0 Å². The van der Waals surface area contributed by atoms with E-state index in [1.165, 1.54) is 0 Å². The molecule has 2 aromatic heterocycles. The quantitative estimate of drug-likeness (QED) is 0.402. The molecule has 0 aliphatic rings. The lowest BCUT2D eigenvalue weighted by atomic mass is 10.2. The van der Waals surface area contributed by atoms with E-state index < -0.39 is 11.9 Å². The summed E-state index contributed by atoms with van der Waals surface area (Å²) in [5, 5.41) is 7.36. The molecule has 0 bridgehead atoms. The molecule has 0 aromatic carbocycles. The number of nitrogens with zero attached hydrogens (tertiary/aromatic N) is 2. The molecule has 2 rings (SSSR count). The number of hydrogen-bond donors (Lipinski definition) is 2. The zero-order chi connectivity index (χ0) is 17.0. The fraction of sp³-hybridized carbons (Fsp3) is 0.429. The monoisotopic (exact) mass is 474 g/mol. The number of hydrogen-bond acceptors (Lipinski definition) is 4. The van der Waals surface area contributed by atoms with Crippen molar-refractivity contribution >= 4 is 41.3 Å². The fourth-order valence-corrected chi connectivity index (χ4v) is 2.68. The summed E-state index contributed by atoms with van der Waals surface area (Å²) < 4.78 is 42.9. The van der Waals surface area contributed by atoms with Crippen molar-refractivity contribution in [2.24, 2.45) is 4.99 Å². The topological polar surface area (TPSA) is 62.5 Å². The molecule has 0 radical (unpaired) electrons. The first-order valence-electron chi connectivity index (χ1n) is 6.81. The standard InChI is InChI=1S/C14H17F3N4OS.HI/c1-8-4-10(9(2)22-8)5-19-13(18-3)20-6-12-21-11(7-23-12)14(15,16)17;/h4,7H,5-6H2,1-3H3,(H2,18,19,20);1H. The number of aromatic nitrogens is 1. The van der Waals surface area contributed by atoms with Crippen molar-refractivity contribution in [3.8, 4) is 0 Å². The van der Waals surface area contributed by atoms with Gasteiger partial charge in [0.2, 0.25) is 0 Å². The Morgan fingerprint density at radius 2 is 1.96 bits per heavy atom. The van der Waals surface area contributed by atoms with Gasteiger partial charge in [0, 0.05) is 24.5 Å². The smallest absolute Gasteiger partial charge is 0.434 e. The van der Waals surface area contributed by atoms with Crippen LogP contribution in [-0.4, -0.2) is 18.0 Å². The molecule has 2 heterocycles. The van der Waals surface area contributed by atoms with E-state index in [1.807, 2.05) is 19.9 Å². The van der Waals surface area contributed by atoms with Gasteiger partial charge in [-0.1, -0.05) is 0 Å². The highest BCUT2D eigenvalue weighted by molar-refractivity contribution is 14.0.